The van der Waals surface area contributed by atoms with Crippen LogP contribution in [0.1, 0.15) is 15.4 Å². The summed E-state index contributed by atoms with van der Waals surface area (Å²) in [7, 11) is 0. The van der Waals surface area contributed by atoms with Gasteiger partial charge in [-0.1, -0.05) is 11.6 Å². The van der Waals surface area contributed by atoms with Crippen LogP contribution in [0.3, 0.4) is 0 Å². The van der Waals surface area contributed by atoms with E-state index < -0.39 is 0 Å². The van der Waals surface area contributed by atoms with Crippen LogP contribution in [0.25, 0.3) is 0 Å². The van der Waals surface area contributed by atoms with Gasteiger partial charge in [0.05, 0.1) is 16.2 Å². The number of thiophene rings is 1. The highest BCUT2D eigenvalue weighted by atomic mass is 79.9. The van der Waals surface area contributed by atoms with E-state index in [-0.39, 0.29) is 16.8 Å². The molecule has 94 valence electrons. The Kier molecular flexibility index (Phi) is 4.68. The number of nitrogens with zero attached hydrogens (tertiary/aromatic N) is 2. The molecule has 0 aliphatic rings. The van der Waals surface area contributed by atoms with Crippen LogP contribution >= 0.6 is 38.9 Å². The molecule has 18 heavy (non-hydrogen) atoms. The monoisotopic (exact) mass is 345 g/mol. The predicted octanol–water partition coefficient (Wildman–Crippen LogP) is 2.93. The summed E-state index contributed by atoms with van der Waals surface area (Å²) in [5.74, 6) is -0.263. The fraction of sp³-hybridized carbons (Fsp3) is 0.182. The van der Waals surface area contributed by atoms with Crippen molar-refractivity contribution in [1.82, 2.24) is 15.3 Å². The largest absolute Gasteiger partial charge is 0.350 e. The summed E-state index contributed by atoms with van der Waals surface area (Å²) in [6.45, 7) is 0.556. The number of hydrogen-bond acceptors (Lipinski definition) is 4. The van der Waals surface area contributed by atoms with Gasteiger partial charge in [-0.3, -0.25) is 9.78 Å². The zero-order valence-electron chi connectivity index (χ0n) is 9.19. The van der Waals surface area contributed by atoms with E-state index in [0.717, 1.165) is 10.2 Å². The minimum absolute atomic E-state index is 0.213. The number of carbonyl (C=O) groups excluding carboxylic acids is 1. The number of amides is 1. The Balaban J connectivity index is 1.85. The quantitative estimate of drug-likeness (QED) is 0.926. The first-order valence-electron chi connectivity index (χ1n) is 5.15. The van der Waals surface area contributed by atoms with E-state index in [1.807, 2.05) is 12.1 Å². The molecule has 2 aromatic heterocycles. The lowest BCUT2D eigenvalue weighted by molar-refractivity contribution is 0.0949. The van der Waals surface area contributed by atoms with Crippen molar-refractivity contribution < 1.29 is 4.79 Å². The van der Waals surface area contributed by atoms with Crippen LogP contribution in [0.2, 0.25) is 5.15 Å². The van der Waals surface area contributed by atoms with Gasteiger partial charge in [-0.25, -0.2) is 4.98 Å². The third-order valence-corrected chi connectivity index (χ3v) is 3.99. The molecule has 0 radical (unpaired) electrons. The van der Waals surface area contributed by atoms with Gasteiger partial charge in [0.1, 0.15) is 10.8 Å². The van der Waals surface area contributed by atoms with Gasteiger partial charge in [-0.2, -0.15) is 0 Å². The van der Waals surface area contributed by atoms with E-state index in [2.05, 4.69) is 31.2 Å². The number of aromatic nitrogens is 2. The molecule has 2 aromatic rings. The molecule has 0 bridgehead atoms. The Morgan fingerprint density at radius 2 is 2.28 bits per heavy atom. The van der Waals surface area contributed by atoms with Gasteiger partial charge < -0.3 is 5.32 Å². The first kappa shape index (κ1) is 13.5. The van der Waals surface area contributed by atoms with Crippen molar-refractivity contribution in [3.8, 4) is 0 Å². The summed E-state index contributed by atoms with van der Waals surface area (Å²) in [6, 6.07) is 4.02. The molecule has 0 aromatic carbocycles. The van der Waals surface area contributed by atoms with Crippen LogP contribution in [-0.2, 0) is 6.42 Å². The molecule has 4 nitrogen and oxygen atoms in total. The van der Waals surface area contributed by atoms with E-state index >= 15 is 0 Å². The van der Waals surface area contributed by atoms with E-state index in [9.17, 15) is 4.79 Å². The lowest BCUT2D eigenvalue weighted by atomic mass is 10.3. The summed E-state index contributed by atoms with van der Waals surface area (Å²) >= 11 is 10.7. The SMILES string of the molecule is O=C(NCCc1ccc(Br)s1)c1cncc(Cl)n1. The summed E-state index contributed by atoms with van der Waals surface area (Å²) in [6.07, 6.45) is 3.57. The molecule has 0 fully saturated rings. The molecule has 1 amide bonds. The molecule has 0 unspecified atom stereocenters. The van der Waals surface area contributed by atoms with Crippen LogP contribution in [0, 0.1) is 0 Å². The van der Waals surface area contributed by atoms with Crippen LogP contribution in [0.5, 0.6) is 0 Å². The average molecular weight is 347 g/mol. The summed E-state index contributed by atoms with van der Waals surface area (Å²) in [4.78, 5) is 20.6. The maximum absolute atomic E-state index is 11.7. The van der Waals surface area contributed by atoms with Crippen LogP contribution in [0.15, 0.2) is 28.3 Å². The zero-order valence-corrected chi connectivity index (χ0v) is 12.3. The second kappa shape index (κ2) is 6.26. The number of nitrogens with one attached hydrogen (secondary N) is 1. The van der Waals surface area contributed by atoms with Gasteiger partial charge in [0, 0.05) is 11.4 Å². The molecule has 0 saturated heterocycles. The fourth-order valence-corrected chi connectivity index (χ4v) is 2.96. The Morgan fingerprint density at radius 1 is 1.44 bits per heavy atom. The standard InChI is InChI=1S/C11H9BrClN3OS/c12-9-2-1-7(18-9)3-4-15-11(17)8-5-14-6-10(13)16-8/h1-2,5-6H,3-4H2,(H,15,17). The maximum Gasteiger partial charge on any atom is 0.271 e. The second-order valence-electron chi connectivity index (χ2n) is 3.44. The van der Waals surface area contributed by atoms with Gasteiger partial charge in [0.25, 0.3) is 5.91 Å². The molecule has 0 atom stereocenters. The number of carbonyl (C=O) groups is 1. The Labute approximate surface area is 122 Å². The van der Waals surface area contributed by atoms with E-state index in [1.165, 1.54) is 17.3 Å². The average Bonchev–Trinajstić information content (AvgIpc) is 2.75. The first-order valence-corrected chi connectivity index (χ1v) is 7.14. The summed E-state index contributed by atoms with van der Waals surface area (Å²) < 4.78 is 1.09. The normalized spacial score (nSPS) is 10.3. The molecule has 0 aliphatic heterocycles. The second-order valence-corrected chi connectivity index (χ2v) is 6.37. The lowest BCUT2D eigenvalue weighted by Gasteiger charge is -2.03. The van der Waals surface area contributed by atoms with Crippen LogP contribution in [0.4, 0.5) is 0 Å². The van der Waals surface area contributed by atoms with E-state index in [0.29, 0.717) is 6.54 Å². The smallest absolute Gasteiger partial charge is 0.271 e. The Morgan fingerprint density at radius 3 is 2.94 bits per heavy atom. The number of hydrogen-bond donors (Lipinski definition) is 1. The first-order chi connectivity index (χ1) is 8.65. The molecule has 0 aliphatic carbocycles. The Bertz CT molecular complexity index is 561. The molecule has 0 saturated carbocycles. The highest BCUT2D eigenvalue weighted by molar-refractivity contribution is 9.11. The highest BCUT2D eigenvalue weighted by Crippen LogP contribution is 2.22. The van der Waals surface area contributed by atoms with Gasteiger partial charge >= 0.3 is 0 Å². The van der Waals surface area contributed by atoms with E-state index in [1.54, 1.807) is 11.3 Å². The van der Waals surface area contributed by atoms with Crippen molar-refractivity contribution in [2.75, 3.05) is 6.54 Å². The number of halogens is 2. The van der Waals surface area contributed by atoms with Gasteiger partial charge in [0.2, 0.25) is 0 Å². The van der Waals surface area contributed by atoms with Crippen LogP contribution in [-0.4, -0.2) is 22.4 Å². The van der Waals surface area contributed by atoms with Crippen molar-refractivity contribution in [3.63, 3.8) is 0 Å². The summed E-state index contributed by atoms with van der Waals surface area (Å²) in [5, 5.41) is 2.99. The van der Waals surface area contributed by atoms with Crippen molar-refractivity contribution in [3.05, 3.63) is 44.0 Å². The minimum atomic E-state index is -0.263. The fourth-order valence-electron chi connectivity index (χ4n) is 1.33. The molecular formula is C11H9BrClN3OS. The van der Waals surface area contributed by atoms with Crippen molar-refractivity contribution in [2.45, 2.75) is 6.42 Å². The van der Waals surface area contributed by atoms with Gasteiger partial charge in [0.15, 0.2) is 0 Å². The molecular weight excluding hydrogens is 338 g/mol. The van der Waals surface area contributed by atoms with Crippen molar-refractivity contribution >= 4 is 44.8 Å². The summed E-state index contributed by atoms with van der Waals surface area (Å²) in [5.41, 5.74) is 0.231. The molecule has 1 N–H and O–H groups in total. The van der Waals surface area contributed by atoms with E-state index in [4.69, 9.17) is 11.6 Å². The third-order valence-electron chi connectivity index (χ3n) is 2.12. The third kappa shape index (κ3) is 3.76. The minimum Gasteiger partial charge on any atom is -0.350 e. The van der Waals surface area contributed by atoms with Crippen molar-refractivity contribution in [1.29, 1.82) is 0 Å². The Hall–Kier alpha value is -0.980. The highest BCUT2D eigenvalue weighted by Gasteiger charge is 2.07. The van der Waals surface area contributed by atoms with Gasteiger partial charge in [-0.15, -0.1) is 11.3 Å². The lowest BCUT2D eigenvalue weighted by Crippen LogP contribution is -2.26. The molecule has 2 rings (SSSR count). The molecule has 7 heteroatoms. The predicted molar refractivity (Wildman–Crippen MR) is 75.1 cm³/mol. The van der Waals surface area contributed by atoms with Crippen molar-refractivity contribution in [2.24, 2.45) is 0 Å². The molecule has 0 spiro atoms. The molecule has 2 heterocycles. The topological polar surface area (TPSA) is 54.9 Å². The maximum atomic E-state index is 11.7. The van der Waals surface area contributed by atoms with Crippen LogP contribution < -0.4 is 5.32 Å². The van der Waals surface area contributed by atoms with Gasteiger partial charge in [-0.05, 0) is 34.5 Å². The zero-order chi connectivity index (χ0) is 13.0. The number of rotatable bonds is 4.